The number of hydrogen-bond donors (Lipinski definition) is 2. The van der Waals surface area contributed by atoms with E-state index in [0.29, 0.717) is 12.6 Å². The quantitative estimate of drug-likeness (QED) is 0.394. The molecule has 2 N–H and O–H groups in total. The molecule has 0 aliphatic carbocycles. The van der Waals surface area contributed by atoms with Crippen molar-refractivity contribution in [2.24, 2.45) is 0 Å². The molecule has 27 heavy (non-hydrogen) atoms. The van der Waals surface area contributed by atoms with E-state index in [0.717, 1.165) is 16.7 Å². The van der Waals surface area contributed by atoms with E-state index in [1.165, 1.54) is 12.1 Å². The van der Waals surface area contributed by atoms with E-state index in [2.05, 4.69) is 0 Å². The van der Waals surface area contributed by atoms with Gasteiger partial charge in [0.05, 0.1) is 5.69 Å². The monoisotopic (exact) mass is 365 g/mol. The Hall–Kier alpha value is -3.67. The Morgan fingerprint density at radius 3 is 2.26 bits per heavy atom. The van der Waals surface area contributed by atoms with Gasteiger partial charge in [-0.25, -0.2) is 9.18 Å². The van der Waals surface area contributed by atoms with Crippen LogP contribution in [0.5, 0.6) is 0 Å². The summed E-state index contributed by atoms with van der Waals surface area (Å²) in [6, 6.07) is 17.0. The first-order valence-electron chi connectivity index (χ1n) is 8.12. The first-order valence-corrected chi connectivity index (χ1v) is 8.12. The van der Waals surface area contributed by atoms with Crippen LogP contribution in [0.3, 0.4) is 0 Å². The highest BCUT2D eigenvalue weighted by atomic mass is 19.1. The Balaban J connectivity index is 2.03. The van der Waals surface area contributed by atoms with Crippen molar-refractivity contribution in [1.82, 2.24) is 4.57 Å². The second-order valence-corrected chi connectivity index (χ2v) is 5.93. The number of nitrogens with zero attached hydrogens (tertiary/aromatic N) is 1. The standard InChI is InChI=1S/C21H16FNO4/c22-17-8-6-14(7-9-17)12-23-13-16(15-4-2-1-3-5-15)10-18(23)19(24)11-20(25)21(26)27/h1-11,13,24H,12H2,(H,26,27). The topological polar surface area (TPSA) is 79.5 Å². The van der Waals surface area contributed by atoms with Gasteiger partial charge in [-0.05, 0) is 29.3 Å². The zero-order valence-electron chi connectivity index (χ0n) is 14.2. The molecule has 5 nitrogen and oxygen atoms in total. The molecule has 0 aliphatic rings. The van der Waals surface area contributed by atoms with Crippen LogP contribution in [0.4, 0.5) is 4.39 Å². The van der Waals surface area contributed by atoms with Crippen LogP contribution in [-0.2, 0) is 16.1 Å². The van der Waals surface area contributed by atoms with Crippen LogP contribution in [0, 0.1) is 5.82 Å². The molecular weight excluding hydrogens is 349 g/mol. The molecular formula is C21H16FNO4. The predicted molar refractivity (Wildman–Crippen MR) is 98.6 cm³/mol. The number of rotatable bonds is 6. The van der Waals surface area contributed by atoms with Crippen molar-refractivity contribution in [2.45, 2.75) is 6.54 Å². The van der Waals surface area contributed by atoms with Crippen LogP contribution in [0.15, 0.2) is 72.9 Å². The molecule has 136 valence electrons. The molecule has 0 unspecified atom stereocenters. The van der Waals surface area contributed by atoms with Gasteiger partial charge in [0, 0.05) is 24.4 Å². The lowest BCUT2D eigenvalue weighted by molar-refractivity contribution is -0.146. The number of benzene rings is 2. The number of hydrogen-bond acceptors (Lipinski definition) is 3. The summed E-state index contributed by atoms with van der Waals surface area (Å²) in [7, 11) is 0. The van der Waals surface area contributed by atoms with E-state index in [-0.39, 0.29) is 11.5 Å². The van der Waals surface area contributed by atoms with Crippen molar-refractivity contribution in [1.29, 1.82) is 0 Å². The van der Waals surface area contributed by atoms with Gasteiger partial charge < -0.3 is 14.8 Å². The summed E-state index contributed by atoms with van der Waals surface area (Å²) in [5, 5.41) is 19.0. The number of aliphatic hydroxyl groups is 1. The third-order valence-corrected chi connectivity index (χ3v) is 4.01. The number of carboxylic acids is 1. The highest BCUT2D eigenvalue weighted by molar-refractivity contribution is 6.38. The number of carbonyl (C=O) groups is 2. The van der Waals surface area contributed by atoms with Gasteiger partial charge >= 0.3 is 5.97 Å². The molecule has 0 saturated carbocycles. The molecule has 1 heterocycles. The van der Waals surface area contributed by atoms with Crippen molar-refractivity contribution in [3.8, 4) is 11.1 Å². The van der Waals surface area contributed by atoms with Crippen LogP contribution < -0.4 is 0 Å². The maximum atomic E-state index is 13.1. The molecule has 0 aliphatic heterocycles. The molecule has 1 aromatic heterocycles. The summed E-state index contributed by atoms with van der Waals surface area (Å²) >= 11 is 0. The summed E-state index contributed by atoms with van der Waals surface area (Å²) in [6.45, 7) is 0.307. The largest absolute Gasteiger partial charge is 0.506 e. The molecule has 0 atom stereocenters. The number of carboxylic acid groups (broad SMARTS) is 1. The molecule has 0 saturated heterocycles. The third-order valence-electron chi connectivity index (χ3n) is 4.01. The van der Waals surface area contributed by atoms with Crippen LogP contribution in [-0.4, -0.2) is 26.5 Å². The van der Waals surface area contributed by atoms with Gasteiger partial charge in [0.1, 0.15) is 11.6 Å². The zero-order chi connectivity index (χ0) is 19.4. The summed E-state index contributed by atoms with van der Waals surface area (Å²) in [5.74, 6) is -3.68. The average Bonchev–Trinajstić information content (AvgIpc) is 3.08. The fourth-order valence-corrected chi connectivity index (χ4v) is 2.69. The van der Waals surface area contributed by atoms with Gasteiger partial charge in [0.2, 0.25) is 0 Å². The normalized spacial score (nSPS) is 11.4. The van der Waals surface area contributed by atoms with Crippen molar-refractivity contribution in [3.05, 3.63) is 90.0 Å². The van der Waals surface area contributed by atoms with Crippen LogP contribution in [0.25, 0.3) is 16.9 Å². The molecule has 3 rings (SSSR count). The van der Waals surface area contributed by atoms with E-state index < -0.39 is 17.5 Å². The SMILES string of the molecule is O=C(O)C(=O)C=C(O)c1cc(-c2ccccc2)cn1Cc1ccc(F)cc1. The highest BCUT2D eigenvalue weighted by Gasteiger charge is 2.15. The summed E-state index contributed by atoms with van der Waals surface area (Å²) in [6.07, 6.45) is 2.46. The van der Waals surface area contributed by atoms with Crippen molar-refractivity contribution < 1.29 is 24.2 Å². The number of aromatic nitrogens is 1. The predicted octanol–water partition coefficient (Wildman–Crippen LogP) is 3.90. The number of aliphatic carboxylic acids is 1. The van der Waals surface area contributed by atoms with Gasteiger partial charge in [-0.15, -0.1) is 0 Å². The van der Waals surface area contributed by atoms with Gasteiger partial charge in [-0.2, -0.15) is 0 Å². The maximum Gasteiger partial charge on any atom is 0.376 e. The van der Waals surface area contributed by atoms with E-state index >= 15 is 0 Å². The molecule has 6 heteroatoms. The van der Waals surface area contributed by atoms with E-state index in [4.69, 9.17) is 5.11 Å². The Morgan fingerprint density at radius 2 is 1.63 bits per heavy atom. The van der Waals surface area contributed by atoms with Crippen molar-refractivity contribution in [2.75, 3.05) is 0 Å². The minimum Gasteiger partial charge on any atom is -0.506 e. The molecule has 2 aromatic carbocycles. The van der Waals surface area contributed by atoms with Crippen LogP contribution in [0.2, 0.25) is 0 Å². The first-order chi connectivity index (χ1) is 12.9. The van der Waals surface area contributed by atoms with Crippen molar-refractivity contribution in [3.63, 3.8) is 0 Å². The molecule has 0 bridgehead atoms. The number of aliphatic hydroxyl groups excluding tert-OH is 1. The minimum absolute atomic E-state index is 0.285. The first kappa shape index (κ1) is 18.1. The Morgan fingerprint density at radius 1 is 0.963 bits per heavy atom. The minimum atomic E-state index is -1.65. The Labute approximate surface area is 154 Å². The lowest BCUT2D eigenvalue weighted by Crippen LogP contribution is -2.10. The lowest BCUT2D eigenvalue weighted by Gasteiger charge is -2.08. The van der Waals surface area contributed by atoms with Crippen molar-refractivity contribution >= 4 is 17.5 Å². The molecule has 3 aromatic rings. The Kier molecular flexibility index (Phi) is 5.17. The van der Waals surface area contributed by atoms with E-state index in [1.54, 1.807) is 29.0 Å². The number of halogens is 1. The summed E-state index contributed by atoms with van der Waals surface area (Å²) in [5.41, 5.74) is 2.75. The van der Waals surface area contributed by atoms with Gasteiger partial charge in [-0.3, -0.25) is 4.79 Å². The molecule has 0 radical (unpaired) electrons. The van der Waals surface area contributed by atoms with Gasteiger partial charge in [0.15, 0.2) is 0 Å². The number of ketones is 1. The fraction of sp³-hybridized carbons (Fsp3) is 0.0476. The Bertz CT molecular complexity index is 1000. The molecule has 0 fully saturated rings. The van der Waals surface area contributed by atoms with Gasteiger partial charge in [0.25, 0.3) is 5.78 Å². The maximum absolute atomic E-state index is 13.1. The average molecular weight is 365 g/mol. The zero-order valence-corrected chi connectivity index (χ0v) is 14.2. The summed E-state index contributed by atoms with van der Waals surface area (Å²) < 4.78 is 14.8. The summed E-state index contributed by atoms with van der Waals surface area (Å²) in [4.78, 5) is 22.2. The number of carbonyl (C=O) groups excluding carboxylic acids is 1. The lowest BCUT2D eigenvalue weighted by atomic mass is 10.1. The highest BCUT2D eigenvalue weighted by Crippen LogP contribution is 2.26. The van der Waals surface area contributed by atoms with E-state index in [9.17, 15) is 19.1 Å². The van der Waals surface area contributed by atoms with Crippen LogP contribution >= 0.6 is 0 Å². The van der Waals surface area contributed by atoms with E-state index in [1.807, 2.05) is 30.3 Å². The molecule has 0 spiro atoms. The smallest absolute Gasteiger partial charge is 0.376 e. The second-order valence-electron chi connectivity index (χ2n) is 5.93. The second kappa shape index (κ2) is 7.70. The van der Waals surface area contributed by atoms with Gasteiger partial charge in [-0.1, -0.05) is 42.5 Å². The fourth-order valence-electron chi connectivity index (χ4n) is 2.69. The third kappa shape index (κ3) is 4.30. The van der Waals surface area contributed by atoms with Crippen LogP contribution in [0.1, 0.15) is 11.3 Å². The molecule has 0 amide bonds.